The van der Waals surface area contributed by atoms with Crippen LogP contribution in [0.3, 0.4) is 0 Å². The van der Waals surface area contributed by atoms with Crippen molar-refractivity contribution in [2.45, 2.75) is 39.2 Å². The summed E-state index contributed by atoms with van der Waals surface area (Å²) in [4.78, 5) is 3.91. The fourth-order valence-electron chi connectivity index (χ4n) is 1.93. The van der Waals surface area contributed by atoms with E-state index in [0.29, 0.717) is 16.5 Å². The van der Waals surface area contributed by atoms with Crippen LogP contribution >= 0.6 is 11.5 Å². The molecule has 2 aromatic heterocycles. The molecular formula is C12H18N7NaO3S2Y. The molecule has 0 saturated carbocycles. The molecule has 135 valence electrons. The minimum Gasteiger partial charge on any atom is -0.748 e. The molecule has 0 amide bonds. The first-order chi connectivity index (χ1) is 11.1. The van der Waals surface area contributed by atoms with Gasteiger partial charge >= 0.3 is 29.6 Å². The third-order valence-electron chi connectivity index (χ3n) is 3.03. The zero-order chi connectivity index (χ0) is 18.0. The molecule has 2 heterocycles. The summed E-state index contributed by atoms with van der Waals surface area (Å²) in [5, 5.41) is 12.9. The maximum Gasteiger partial charge on any atom is 1.00 e. The standard InChI is InChI=1S/C12H19N7O3S2.Na.Y/c1-12(2,3)9-8(16-17-11-14-7-15-23-11)10(13)19(18-9)5-4-6-24(20,21)22;;/h7H,4-6,13H2,1-3H3,(H,20,21,22);;/q;+1;/p-1. The van der Waals surface area contributed by atoms with Crippen molar-refractivity contribution in [1.82, 2.24) is 19.1 Å². The van der Waals surface area contributed by atoms with Crippen LogP contribution < -0.4 is 35.3 Å². The fourth-order valence-corrected chi connectivity index (χ4v) is 2.78. The van der Waals surface area contributed by atoms with E-state index in [1.54, 1.807) is 0 Å². The molecule has 1 radical (unpaired) electrons. The van der Waals surface area contributed by atoms with Crippen LogP contribution in [-0.4, -0.2) is 37.9 Å². The van der Waals surface area contributed by atoms with Gasteiger partial charge in [0.05, 0.1) is 15.8 Å². The van der Waals surface area contributed by atoms with Crippen molar-refractivity contribution >= 4 is 38.3 Å². The molecule has 0 aliphatic rings. The molecule has 2 N–H and O–H groups in total. The number of nitrogens with zero attached hydrogens (tertiary/aromatic N) is 6. The first kappa shape index (κ1) is 26.2. The summed E-state index contributed by atoms with van der Waals surface area (Å²) in [7, 11) is -4.27. The summed E-state index contributed by atoms with van der Waals surface area (Å²) in [6.45, 7) is 6.05. The summed E-state index contributed by atoms with van der Waals surface area (Å²) >= 11 is 1.09. The molecule has 2 rings (SSSR count). The third kappa shape index (κ3) is 7.66. The van der Waals surface area contributed by atoms with E-state index >= 15 is 0 Å². The van der Waals surface area contributed by atoms with Crippen LogP contribution in [-0.2, 0) is 54.8 Å². The second kappa shape index (κ2) is 10.7. The van der Waals surface area contributed by atoms with Crippen LogP contribution in [0.5, 0.6) is 0 Å². The van der Waals surface area contributed by atoms with E-state index in [0.717, 1.165) is 11.5 Å². The van der Waals surface area contributed by atoms with Gasteiger partial charge in [-0.15, -0.1) is 10.2 Å². The van der Waals surface area contributed by atoms with Crippen molar-refractivity contribution in [1.29, 1.82) is 0 Å². The average molecular weight is 484 g/mol. The normalized spacial score (nSPS) is 12.0. The van der Waals surface area contributed by atoms with Gasteiger partial charge in [-0.25, -0.2) is 18.1 Å². The van der Waals surface area contributed by atoms with Crippen LogP contribution in [0.15, 0.2) is 16.6 Å². The molecule has 0 bridgehead atoms. The number of nitrogens with two attached hydrogens (primary N) is 1. The Morgan fingerprint density at radius 2 is 2.00 bits per heavy atom. The van der Waals surface area contributed by atoms with Crippen molar-refractivity contribution in [3.8, 4) is 0 Å². The van der Waals surface area contributed by atoms with Gasteiger partial charge in [0, 0.05) is 62.0 Å². The molecule has 0 aliphatic carbocycles. The molecule has 0 fully saturated rings. The van der Waals surface area contributed by atoms with Crippen molar-refractivity contribution in [3.05, 3.63) is 12.0 Å². The molecule has 10 nitrogen and oxygen atoms in total. The summed E-state index contributed by atoms with van der Waals surface area (Å²) < 4.78 is 37.4. The van der Waals surface area contributed by atoms with Gasteiger partial charge in [0.2, 0.25) is 5.13 Å². The Morgan fingerprint density at radius 1 is 1.35 bits per heavy atom. The van der Waals surface area contributed by atoms with Gasteiger partial charge in [-0.2, -0.15) is 9.47 Å². The molecule has 0 unspecified atom stereocenters. The first-order valence-corrected chi connectivity index (χ1v) is 9.42. The number of hydrogen-bond donors (Lipinski definition) is 1. The fraction of sp³-hybridized carbons (Fsp3) is 0.583. The largest absolute Gasteiger partial charge is 1.00 e. The van der Waals surface area contributed by atoms with E-state index in [9.17, 15) is 13.0 Å². The topological polar surface area (TPSA) is 152 Å². The number of hydrogen-bond acceptors (Lipinski definition) is 10. The molecule has 14 heteroatoms. The Bertz CT molecular complexity index is 832. The summed E-state index contributed by atoms with van der Waals surface area (Å²) in [5.74, 6) is -0.213. The van der Waals surface area contributed by atoms with Gasteiger partial charge in [-0.1, -0.05) is 20.8 Å². The minimum absolute atomic E-state index is 0. The maximum atomic E-state index is 10.7. The van der Waals surface area contributed by atoms with E-state index in [1.165, 1.54) is 11.0 Å². The molecule has 0 spiro atoms. The van der Waals surface area contributed by atoms with Gasteiger partial charge < -0.3 is 10.3 Å². The summed E-state index contributed by atoms with van der Waals surface area (Å²) in [6, 6.07) is 0. The number of aromatic nitrogens is 4. The monoisotopic (exact) mass is 484 g/mol. The smallest absolute Gasteiger partial charge is 0.748 e. The van der Waals surface area contributed by atoms with E-state index in [4.69, 9.17) is 5.73 Å². The molecule has 2 aromatic rings. The Kier molecular flexibility index (Phi) is 10.7. The number of nitrogen functional groups attached to an aromatic ring is 1. The van der Waals surface area contributed by atoms with E-state index in [-0.39, 0.29) is 86.5 Å². The average Bonchev–Trinajstić information content (AvgIpc) is 3.04. The van der Waals surface area contributed by atoms with Gasteiger partial charge in [-0.05, 0) is 6.42 Å². The van der Waals surface area contributed by atoms with Crippen LogP contribution in [0.1, 0.15) is 32.9 Å². The Labute approximate surface area is 203 Å². The zero-order valence-electron chi connectivity index (χ0n) is 15.1. The van der Waals surface area contributed by atoms with Gasteiger partial charge in [0.25, 0.3) is 0 Å². The van der Waals surface area contributed by atoms with Crippen molar-refractivity contribution in [2.75, 3.05) is 11.5 Å². The van der Waals surface area contributed by atoms with E-state index < -0.39 is 15.9 Å². The molecule has 0 atom stereocenters. The summed E-state index contributed by atoms with van der Waals surface area (Å²) in [6.07, 6.45) is 1.49. The predicted molar refractivity (Wildman–Crippen MR) is 88.6 cm³/mol. The number of aryl methyl sites for hydroxylation is 1. The SMILES string of the molecule is CC(C)(C)c1nn(CCCS(=O)(=O)[O-])c(N)c1N=Nc1ncns1.[Na+].[Y]. The minimum atomic E-state index is -4.27. The number of rotatable bonds is 6. The van der Waals surface area contributed by atoms with E-state index in [1.807, 2.05) is 20.8 Å². The number of anilines is 1. The molecular weight excluding hydrogens is 466 g/mol. The molecule has 0 aliphatic heterocycles. The van der Waals surface area contributed by atoms with Gasteiger partial charge in [0.15, 0.2) is 5.69 Å². The van der Waals surface area contributed by atoms with Crippen LogP contribution in [0.2, 0.25) is 0 Å². The third-order valence-corrected chi connectivity index (χ3v) is 4.36. The maximum absolute atomic E-state index is 10.7. The van der Waals surface area contributed by atoms with Crippen LogP contribution in [0.4, 0.5) is 16.6 Å². The quantitative estimate of drug-likeness (QED) is 0.313. The van der Waals surface area contributed by atoms with Crippen molar-refractivity contribution in [2.24, 2.45) is 10.2 Å². The van der Waals surface area contributed by atoms with Crippen LogP contribution in [0, 0.1) is 0 Å². The number of azo groups is 1. The second-order valence-corrected chi connectivity index (χ2v) is 8.38. The Hall–Kier alpha value is 0.184. The molecule has 26 heavy (non-hydrogen) atoms. The van der Waals surface area contributed by atoms with Gasteiger partial charge in [-0.3, -0.25) is 0 Å². The first-order valence-electron chi connectivity index (χ1n) is 7.06. The molecule has 0 aromatic carbocycles. The van der Waals surface area contributed by atoms with Gasteiger partial charge in [0.1, 0.15) is 12.1 Å². The summed E-state index contributed by atoms with van der Waals surface area (Å²) in [5.41, 5.74) is 6.76. The van der Waals surface area contributed by atoms with Crippen molar-refractivity contribution < 1.29 is 75.2 Å². The van der Waals surface area contributed by atoms with E-state index in [2.05, 4.69) is 24.7 Å². The van der Waals surface area contributed by atoms with Crippen molar-refractivity contribution in [3.63, 3.8) is 0 Å². The molecule has 0 saturated heterocycles. The Balaban J connectivity index is 0.00000312. The Morgan fingerprint density at radius 3 is 2.50 bits per heavy atom. The van der Waals surface area contributed by atoms with Crippen LogP contribution in [0.25, 0.3) is 0 Å². The predicted octanol–water partition coefficient (Wildman–Crippen LogP) is -1.03. The second-order valence-electron chi connectivity index (χ2n) is 6.09. The zero-order valence-corrected chi connectivity index (χ0v) is 21.5.